The van der Waals surface area contributed by atoms with Crippen molar-refractivity contribution in [3.05, 3.63) is 77.0 Å². The number of ketones is 2. The molecule has 2 aromatic rings. The van der Waals surface area contributed by atoms with Crippen LogP contribution in [0.4, 0.5) is 0 Å². The molecule has 0 fully saturated rings. The van der Waals surface area contributed by atoms with Crippen molar-refractivity contribution in [1.82, 2.24) is 0 Å². The molecule has 0 aliphatic rings. The topological polar surface area (TPSA) is 67.5 Å². The minimum Gasteiger partial charge on any atom is -0.512 e. The van der Waals surface area contributed by atoms with E-state index in [1.165, 1.54) is 26.2 Å². The molecule has 0 amide bonds. The first-order valence-electron chi connectivity index (χ1n) is 6.77. The average Bonchev–Trinajstić information content (AvgIpc) is 3.00. The third-order valence-corrected chi connectivity index (χ3v) is 3.08. The van der Waals surface area contributed by atoms with Gasteiger partial charge in [0.15, 0.2) is 11.5 Å². The smallest absolute Gasteiger partial charge is 0.229 e. The van der Waals surface area contributed by atoms with Gasteiger partial charge in [-0.25, -0.2) is 0 Å². The van der Waals surface area contributed by atoms with E-state index >= 15 is 0 Å². The van der Waals surface area contributed by atoms with Gasteiger partial charge < -0.3 is 9.52 Å². The van der Waals surface area contributed by atoms with Gasteiger partial charge in [-0.3, -0.25) is 9.59 Å². The molecule has 0 bridgehead atoms. The summed E-state index contributed by atoms with van der Waals surface area (Å²) in [5.74, 6) is -0.925. The molecule has 2 rings (SSSR count). The zero-order chi connectivity index (χ0) is 16.1. The average molecular weight is 296 g/mol. The second kappa shape index (κ2) is 6.72. The number of carbonyl (C=O) groups excluding carboxylic acids is 2. The molecule has 4 nitrogen and oxygen atoms in total. The van der Waals surface area contributed by atoms with Gasteiger partial charge >= 0.3 is 0 Å². The maximum absolute atomic E-state index is 12.6. The maximum Gasteiger partial charge on any atom is 0.229 e. The molecule has 0 aliphatic heterocycles. The van der Waals surface area contributed by atoms with Crippen LogP contribution < -0.4 is 0 Å². The Kier molecular flexibility index (Phi) is 4.73. The Balaban J connectivity index is 2.60. The van der Waals surface area contributed by atoms with Gasteiger partial charge in [-0.05, 0) is 37.6 Å². The number of allylic oxidation sites excluding steroid dienone is 3. The van der Waals surface area contributed by atoms with E-state index in [9.17, 15) is 14.7 Å². The highest BCUT2D eigenvalue weighted by molar-refractivity contribution is 6.19. The van der Waals surface area contributed by atoms with Gasteiger partial charge in [0.25, 0.3) is 0 Å². The minimum absolute atomic E-state index is 0.00902. The monoisotopic (exact) mass is 296 g/mol. The van der Waals surface area contributed by atoms with Crippen LogP contribution >= 0.6 is 0 Å². The van der Waals surface area contributed by atoms with Crippen LogP contribution in [-0.4, -0.2) is 16.7 Å². The summed E-state index contributed by atoms with van der Waals surface area (Å²) < 4.78 is 5.12. The van der Waals surface area contributed by atoms with Gasteiger partial charge in [0.2, 0.25) is 5.78 Å². The largest absolute Gasteiger partial charge is 0.512 e. The van der Waals surface area contributed by atoms with Crippen LogP contribution in [0.5, 0.6) is 0 Å². The molecule has 112 valence electrons. The fraction of sp³-hybridized carbons (Fsp3) is 0.111. The lowest BCUT2D eigenvalue weighted by Crippen LogP contribution is -2.12. The Morgan fingerprint density at radius 2 is 1.73 bits per heavy atom. The van der Waals surface area contributed by atoms with Crippen molar-refractivity contribution in [1.29, 1.82) is 0 Å². The van der Waals surface area contributed by atoms with E-state index in [1.807, 2.05) is 18.2 Å². The van der Waals surface area contributed by atoms with Crippen molar-refractivity contribution >= 4 is 17.6 Å². The Bertz CT molecular complexity index is 731. The zero-order valence-corrected chi connectivity index (χ0v) is 12.4. The number of rotatable bonds is 5. The van der Waals surface area contributed by atoms with Crippen LogP contribution in [0.3, 0.4) is 0 Å². The minimum atomic E-state index is -0.451. The number of furan rings is 1. The molecule has 0 saturated heterocycles. The molecule has 4 heteroatoms. The van der Waals surface area contributed by atoms with Crippen molar-refractivity contribution in [3.8, 4) is 0 Å². The summed E-state index contributed by atoms with van der Waals surface area (Å²) in [6.07, 6.45) is 2.96. The number of aliphatic hydroxyl groups excluding tert-OH is 1. The third-order valence-electron chi connectivity index (χ3n) is 3.08. The van der Waals surface area contributed by atoms with Gasteiger partial charge in [-0.2, -0.15) is 0 Å². The lowest BCUT2D eigenvalue weighted by Gasteiger charge is -2.09. The molecule has 0 radical (unpaired) electrons. The standard InChI is InChI=1S/C18H16O4/c1-12(19)17(13(2)20)15(11-14-7-4-3-5-8-14)18(21)16-9-6-10-22-16/h3-11,19H,1-2H3/b15-11-,17-12-. The molecule has 1 N–H and O–H groups in total. The molecule has 1 aromatic heterocycles. The van der Waals surface area contributed by atoms with Crippen molar-refractivity contribution < 1.29 is 19.1 Å². The Morgan fingerprint density at radius 1 is 1.05 bits per heavy atom. The fourth-order valence-corrected chi connectivity index (χ4v) is 2.15. The van der Waals surface area contributed by atoms with E-state index in [1.54, 1.807) is 24.3 Å². The Morgan fingerprint density at radius 3 is 2.23 bits per heavy atom. The molecule has 0 spiro atoms. The van der Waals surface area contributed by atoms with Crippen LogP contribution in [0.25, 0.3) is 6.08 Å². The number of aliphatic hydroxyl groups is 1. The van der Waals surface area contributed by atoms with E-state index in [0.717, 1.165) is 5.56 Å². The Hall–Kier alpha value is -2.88. The number of hydrogen-bond donors (Lipinski definition) is 1. The number of hydrogen-bond acceptors (Lipinski definition) is 4. The summed E-state index contributed by atoms with van der Waals surface area (Å²) in [7, 11) is 0. The van der Waals surface area contributed by atoms with Crippen molar-refractivity contribution in [3.63, 3.8) is 0 Å². The van der Waals surface area contributed by atoms with Crippen LogP contribution in [0.15, 0.2) is 70.1 Å². The van der Waals surface area contributed by atoms with E-state index in [4.69, 9.17) is 4.42 Å². The summed E-state index contributed by atoms with van der Waals surface area (Å²) in [6, 6.07) is 12.2. The lowest BCUT2D eigenvalue weighted by molar-refractivity contribution is -0.113. The molecule has 1 aromatic carbocycles. The van der Waals surface area contributed by atoms with Crippen LogP contribution in [-0.2, 0) is 4.79 Å². The normalized spacial score (nSPS) is 12.7. The zero-order valence-electron chi connectivity index (χ0n) is 12.4. The van der Waals surface area contributed by atoms with Gasteiger partial charge in [0, 0.05) is 5.57 Å². The summed E-state index contributed by atoms with van der Waals surface area (Å²) in [5.41, 5.74) is 0.844. The fourth-order valence-electron chi connectivity index (χ4n) is 2.15. The predicted octanol–water partition coefficient (Wildman–Crippen LogP) is 3.97. The van der Waals surface area contributed by atoms with E-state index in [0.29, 0.717) is 0 Å². The molecular weight excluding hydrogens is 280 g/mol. The van der Waals surface area contributed by atoms with Crippen molar-refractivity contribution in [2.75, 3.05) is 0 Å². The highest BCUT2D eigenvalue weighted by atomic mass is 16.3. The SMILES string of the molecule is CC(=O)C(/C(=C/c1ccccc1)C(=O)c1ccco1)=C(\C)O. The van der Waals surface area contributed by atoms with Crippen LogP contribution in [0.2, 0.25) is 0 Å². The number of Topliss-reactive ketones (excluding diaryl/α,β-unsaturated/α-hetero) is 2. The molecule has 0 unspecified atom stereocenters. The molecule has 1 heterocycles. The summed E-state index contributed by atoms with van der Waals surface area (Å²) >= 11 is 0. The van der Waals surface area contributed by atoms with Gasteiger partial charge in [-0.1, -0.05) is 30.3 Å². The second-order valence-corrected chi connectivity index (χ2v) is 4.79. The van der Waals surface area contributed by atoms with Crippen LogP contribution in [0.1, 0.15) is 30.0 Å². The Labute approximate surface area is 128 Å². The molecule has 0 atom stereocenters. The maximum atomic E-state index is 12.6. The highest BCUT2D eigenvalue weighted by Crippen LogP contribution is 2.23. The van der Waals surface area contributed by atoms with E-state index < -0.39 is 5.78 Å². The first kappa shape index (κ1) is 15.5. The summed E-state index contributed by atoms with van der Waals surface area (Å²) in [5, 5.41) is 9.81. The predicted molar refractivity (Wildman–Crippen MR) is 83.5 cm³/mol. The quantitative estimate of drug-likeness (QED) is 0.392. The third kappa shape index (κ3) is 3.41. The summed E-state index contributed by atoms with van der Waals surface area (Å²) in [4.78, 5) is 24.5. The summed E-state index contributed by atoms with van der Waals surface area (Å²) in [6.45, 7) is 2.69. The van der Waals surface area contributed by atoms with Crippen molar-refractivity contribution in [2.45, 2.75) is 13.8 Å². The molecule has 0 aliphatic carbocycles. The molecule has 22 heavy (non-hydrogen) atoms. The lowest BCUT2D eigenvalue weighted by atomic mass is 9.94. The van der Waals surface area contributed by atoms with Crippen LogP contribution in [0, 0.1) is 0 Å². The van der Waals surface area contributed by atoms with Gasteiger partial charge in [0.05, 0.1) is 11.8 Å². The van der Waals surface area contributed by atoms with Gasteiger partial charge in [0.1, 0.15) is 5.76 Å². The van der Waals surface area contributed by atoms with Gasteiger partial charge in [-0.15, -0.1) is 0 Å². The first-order chi connectivity index (χ1) is 10.5. The molecule has 0 saturated carbocycles. The number of benzene rings is 1. The molecular formula is C18H16O4. The van der Waals surface area contributed by atoms with Crippen molar-refractivity contribution in [2.24, 2.45) is 0 Å². The number of carbonyl (C=O) groups is 2. The second-order valence-electron chi connectivity index (χ2n) is 4.79. The highest BCUT2D eigenvalue weighted by Gasteiger charge is 2.23. The van der Waals surface area contributed by atoms with E-state index in [-0.39, 0.29) is 28.4 Å². The first-order valence-corrected chi connectivity index (χ1v) is 6.77. The van der Waals surface area contributed by atoms with E-state index in [2.05, 4.69) is 0 Å².